The predicted octanol–water partition coefficient (Wildman–Crippen LogP) is 3.98. The molecule has 2 heterocycles. The number of carbonyl (C=O) groups is 1. The van der Waals surface area contributed by atoms with E-state index in [-0.39, 0.29) is 12.1 Å². The topological polar surface area (TPSA) is 57.7 Å². The lowest BCUT2D eigenvalue weighted by molar-refractivity contribution is 0.127. The lowest BCUT2D eigenvalue weighted by atomic mass is 10.0. The Morgan fingerprint density at radius 3 is 2.66 bits per heavy atom. The van der Waals surface area contributed by atoms with Gasteiger partial charge in [-0.3, -0.25) is 0 Å². The molecule has 0 unspecified atom stereocenters. The largest absolute Gasteiger partial charge is 0.493 e. The van der Waals surface area contributed by atoms with Crippen LogP contribution in [0, 0.1) is 5.92 Å². The second-order valence-electron chi connectivity index (χ2n) is 8.10. The Labute approximate surface area is 177 Å². The molecule has 0 bridgehead atoms. The molecule has 0 radical (unpaired) electrons. The highest BCUT2D eigenvalue weighted by molar-refractivity contribution is 7.09. The van der Waals surface area contributed by atoms with Crippen LogP contribution in [0.1, 0.15) is 37.3 Å². The summed E-state index contributed by atoms with van der Waals surface area (Å²) in [6.45, 7) is 8.08. The van der Waals surface area contributed by atoms with Crippen molar-refractivity contribution in [2.24, 2.45) is 5.92 Å². The van der Waals surface area contributed by atoms with Crippen LogP contribution in [0.4, 0.5) is 4.79 Å². The first-order valence-electron chi connectivity index (χ1n) is 10.3. The zero-order valence-corrected chi connectivity index (χ0v) is 18.5. The van der Waals surface area contributed by atoms with Crippen molar-refractivity contribution in [3.63, 3.8) is 0 Å². The molecule has 1 saturated heterocycles. The minimum Gasteiger partial charge on any atom is -0.493 e. The molecule has 2 aromatic rings. The number of aromatic nitrogens is 1. The van der Waals surface area contributed by atoms with Crippen molar-refractivity contribution in [3.05, 3.63) is 46.4 Å². The number of nitrogens with one attached hydrogen (secondary N) is 1. The number of carbonyl (C=O) groups excluding carboxylic acids is 1. The molecule has 158 valence electrons. The van der Waals surface area contributed by atoms with Crippen LogP contribution in [0.5, 0.6) is 5.75 Å². The van der Waals surface area contributed by atoms with Crippen molar-refractivity contribution >= 4 is 17.4 Å². The van der Waals surface area contributed by atoms with E-state index < -0.39 is 0 Å². The van der Waals surface area contributed by atoms with E-state index in [9.17, 15) is 4.79 Å². The number of likely N-dealkylation sites (tertiary alicyclic amines) is 1. The van der Waals surface area contributed by atoms with Crippen molar-refractivity contribution in [2.75, 3.05) is 26.7 Å². The summed E-state index contributed by atoms with van der Waals surface area (Å²) in [7, 11) is 2.13. The van der Waals surface area contributed by atoms with Crippen molar-refractivity contribution in [1.82, 2.24) is 20.1 Å². The molecule has 1 aliphatic rings. The Hall–Kier alpha value is -2.12. The highest BCUT2D eigenvalue weighted by Crippen LogP contribution is 2.20. The van der Waals surface area contributed by atoms with Crippen molar-refractivity contribution in [3.8, 4) is 5.75 Å². The summed E-state index contributed by atoms with van der Waals surface area (Å²) in [5.74, 6) is 1.36. The van der Waals surface area contributed by atoms with E-state index in [0.717, 1.165) is 42.3 Å². The van der Waals surface area contributed by atoms with Crippen LogP contribution in [0.2, 0.25) is 0 Å². The molecule has 1 fully saturated rings. The molecule has 2 amide bonds. The van der Waals surface area contributed by atoms with Gasteiger partial charge in [-0.15, -0.1) is 11.3 Å². The Morgan fingerprint density at radius 2 is 2.03 bits per heavy atom. The monoisotopic (exact) mass is 416 g/mol. The van der Waals surface area contributed by atoms with Crippen LogP contribution in [0.25, 0.3) is 0 Å². The molecule has 1 N–H and O–H groups in total. The normalized spacial score (nSPS) is 15.4. The Bertz CT molecular complexity index is 741. The summed E-state index contributed by atoms with van der Waals surface area (Å²) in [4.78, 5) is 21.7. The molecule has 0 atom stereocenters. The van der Waals surface area contributed by atoms with E-state index in [1.54, 1.807) is 17.5 Å². The van der Waals surface area contributed by atoms with Gasteiger partial charge in [-0.2, -0.15) is 0 Å². The number of urea groups is 1. The first-order valence-corrected chi connectivity index (χ1v) is 11.2. The predicted molar refractivity (Wildman–Crippen MR) is 117 cm³/mol. The van der Waals surface area contributed by atoms with Crippen LogP contribution in [0.15, 0.2) is 35.8 Å². The van der Waals surface area contributed by atoms with E-state index in [1.807, 2.05) is 34.5 Å². The second-order valence-corrected chi connectivity index (χ2v) is 9.07. The maximum absolute atomic E-state index is 13.0. The molecular formula is C22H32N4O2S. The van der Waals surface area contributed by atoms with Crippen molar-refractivity contribution in [1.29, 1.82) is 0 Å². The number of thiazole rings is 1. The number of ether oxygens (including phenoxy) is 1. The Kier molecular flexibility index (Phi) is 7.89. The summed E-state index contributed by atoms with van der Waals surface area (Å²) < 4.78 is 5.73. The third kappa shape index (κ3) is 6.72. The summed E-state index contributed by atoms with van der Waals surface area (Å²) in [5.41, 5.74) is 1.06. The number of nitrogens with zero attached hydrogens (tertiary/aromatic N) is 3. The van der Waals surface area contributed by atoms with Gasteiger partial charge in [0.2, 0.25) is 0 Å². The number of amides is 2. The van der Waals surface area contributed by atoms with Crippen LogP contribution >= 0.6 is 11.3 Å². The van der Waals surface area contributed by atoms with Crippen LogP contribution < -0.4 is 10.1 Å². The van der Waals surface area contributed by atoms with Crippen molar-refractivity contribution < 1.29 is 9.53 Å². The molecule has 6 nitrogen and oxygen atoms in total. The quantitative estimate of drug-likeness (QED) is 0.707. The summed E-state index contributed by atoms with van der Waals surface area (Å²) in [6, 6.07) is 8.19. The molecule has 3 rings (SSSR count). The van der Waals surface area contributed by atoms with E-state index in [4.69, 9.17) is 4.74 Å². The number of hydrogen-bond donors (Lipinski definition) is 1. The van der Waals surface area contributed by atoms with Gasteiger partial charge in [0.15, 0.2) is 0 Å². The molecule has 1 aromatic heterocycles. The molecule has 29 heavy (non-hydrogen) atoms. The number of hydrogen-bond acceptors (Lipinski definition) is 5. The van der Waals surface area contributed by atoms with Gasteiger partial charge in [0, 0.05) is 24.2 Å². The van der Waals surface area contributed by atoms with Gasteiger partial charge < -0.3 is 19.9 Å². The zero-order chi connectivity index (χ0) is 20.6. The fourth-order valence-electron chi connectivity index (χ4n) is 3.40. The zero-order valence-electron chi connectivity index (χ0n) is 17.6. The minimum absolute atomic E-state index is 0.0186. The molecule has 7 heteroatoms. The highest BCUT2D eigenvalue weighted by atomic mass is 32.1. The van der Waals surface area contributed by atoms with Crippen molar-refractivity contribution in [2.45, 2.75) is 45.8 Å². The van der Waals surface area contributed by atoms with E-state index in [1.165, 1.54) is 0 Å². The SMILES string of the molecule is CC(C)COc1ccc(CNC(=O)N(Cc2nccs2)C2CCN(C)CC2)cc1. The summed E-state index contributed by atoms with van der Waals surface area (Å²) in [6.07, 6.45) is 3.79. The molecular weight excluding hydrogens is 384 g/mol. The average Bonchev–Trinajstić information content (AvgIpc) is 3.23. The van der Waals surface area contributed by atoms with Crippen LogP contribution in [0.3, 0.4) is 0 Å². The molecule has 1 aliphatic heterocycles. The van der Waals surface area contributed by atoms with Gasteiger partial charge in [-0.25, -0.2) is 9.78 Å². The molecule has 0 spiro atoms. The number of piperidine rings is 1. The maximum atomic E-state index is 13.0. The Morgan fingerprint density at radius 1 is 1.31 bits per heavy atom. The molecule has 0 saturated carbocycles. The van der Waals surface area contributed by atoms with Gasteiger partial charge in [-0.05, 0) is 56.6 Å². The first-order chi connectivity index (χ1) is 14.0. The summed E-state index contributed by atoms with van der Waals surface area (Å²) in [5, 5.41) is 6.04. The lowest BCUT2D eigenvalue weighted by Crippen LogP contribution is -2.49. The van der Waals surface area contributed by atoms with Gasteiger partial charge in [0.1, 0.15) is 10.8 Å². The third-order valence-corrected chi connectivity index (χ3v) is 5.89. The maximum Gasteiger partial charge on any atom is 0.318 e. The molecule has 1 aromatic carbocycles. The Balaban J connectivity index is 1.57. The third-order valence-electron chi connectivity index (χ3n) is 5.13. The molecule has 0 aliphatic carbocycles. The summed E-state index contributed by atoms with van der Waals surface area (Å²) >= 11 is 1.60. The first kappa shape index (κ1) is 21.6. The van der Waals surface area contributed by atoms with E-state index >= 15 is 0 Å². The lowest BCUT2D eigenvalue weighted by Gasteiger charge is -2.37. The standard InChI is InChI=1S/C22H32N4O2S/c1-17(2)16-28-20-6-4-18(5-7-20)14-24-22(27)26(15-21-23-10-13-29-21)19-8-11-25(3)12-9-19/h4-7,10,13,17,19H,8-9,11-12,14-16H2,1-3H3,(H,24,27). The van der Waals surface area contributed by atoms with E-state index in [0.29, 0.717) is 25.6 Å². The van der Waals surface area contributed by atoms with Crippen LogP contribution in [-0.4, -0.2) is 53.6 Å². The fraction of sp³-hybridized carbons (Fsp3) is 0.545. The fourth-order valence-corrected chi connectivity index (χ4v) is 4.01. The van der Waals surface area contributed by atoms with E-state index in [2.05, 4.69) is 36.1 Å². The number of benzene rings is 1. The second kappa shape index (κ2) is 10.6. The minimum atomic E-state index is -0.0186. The van der Waals surface area contributed by atoms with Crippen LogP contribution in [-0.2, 0) is 13.1 Å². The van der Waals surface area contributed by atoms with Gasteiger partial charge >= 0.3 is 6.03 Å². The van der Waals surface area contributed by atoms with Gasteiger partial charge in [0.05, 0.1) is 13.2 Å². The van der Waals surface area contributed by atoms with Gasteiger partial charge in [-0.1, -0.05) is 26.0 Å². The number of rotatable bonds is 8. The highest BCUT2D eigenvalue weighted by Gasteiger charge is 2.27. The van der Waals surface area contributed by atoms with Gasteiger partial charge in [0.25, 0.3) is 0 Å². The average molecular weight is 417 g/mol. The smallest absolute Gasteiger partial charge is 0.318 e.